The molecule has 0 N–H and O–H groups in total. The fraction of sp³-hybridized carbons (Fsp3) is 0.200. The predicted molar refractivity (Wildman–Crippen MR) is 55.1 cm³/mol. The smallest absolute Gasteiger partial charge is 0.293 e. The van der Waals surface area contributed by atoms with Gasteiger partial charge in [0.1, 0.15) is 12.3 Å². The van der Waals surface area contributed by atoms with Gasteiger partial charge in [0.2, 0.25) is 0 Å². The van der Waals surface area contributed by atoms with E-state index in [1.54, 1.807) is 23.3 Å². The van der Waals surface area contributed by atoms with Gasteiger partial charge in [-0.1, -0.05) is 0 Å². The van der Waals surface area contributed by atoms with E-state index in [4.69, 9.17) is 0 Å². The summed E-state index contributed by atoms with van der Waals surface area (Å²) in [4.78, 5) is 18.3. The molecule has 0 aliphatic heterocycles. The molecule has 2 aromatic rings. The molecular formula is C10H10N4O2. The van der Waals surface area contributed by atoms with Crippen molar-refractivity contribution in [3.05, 3.63) is 30.4 Å². The monoisotopic (exact) mass is 218 g/mol. The summed E-state index contributed by atoms with van der Waals surface area (Å²) in [6, 6.07) is 1.85. The molecule has 0 spiro atoms. The van der Waals surface area contributed by atoms with Crippen LogP contribution in [0.2, 0.25) is 0 Å². The van der Waals surface area contributed by atoms with Gasteiger partial charge in [-0.25, -0.2) is 0 Å². The molecule has 2 rings (SSSR count). The first-order chi connectivity index (χ1) is 7.81. The minimum absolute atomic E-state index is 0.141. The van der Waals surface area contributed by atoms with Gasteiger partial charge in [-0.05, 0) is 6.07 Å². The molecule has 0 saturated heterocycles. The Morgan fingerprint density at radius 2 is 2.31 bits per heavy atom. The summed E-state index contributed by atoms with van der Waals surface area (Å²) in [5, 5.41) is 4.04. The molecule has 6 nitrogen and oxygen atoms in total. The molecule has 16 heavy (non-hydrogen) atoms. The third-order valence-corrected chi connectivity index (χ3v) is 2.09. The highest BCUT2D eigenvalue weighted by molar-refractivity contribution is 5.52. The van der Waals surface area contributed by atoms with Crippen LogP contribution < -0.4 is 0 Å². The molecule has 0 fully saturated rings. The minimum atomic E-state index is 0.141. The van der Waals surface area contributed by atoms with Gasteiger partial charge in [-0.15, -0.1) is 0 Å². The van der Waals surface area contributed by atoms with Crippen molar-refractivity contribution in [1.29, 1.82) is 0 Å². The zero-order chi connectivity index (χ0) is 11.4. The molecule has 0 radical (unpaired) electrons. The summed E-state index contributed by atoms with van der Waals surface area (Å²) >= 11 is 0. The number of carbonyl (C=O) groups excluding carboxylic acids is 1. The lowest BCUT2D eigenvalue weighted by Gasteiger charge is -2.02. The quantitative estimate of drug-likeness (QED) is 0.701. The van der Waals surface area contributed by atoms with E-state index < -0.39 is 0 Å². The maximum Gasteiger partial charge on any atom is 0.293 e. The third-order valence-electron chi connectivity index (χ3n) is 2.09. The molecule has 0 aliphatic rings. The maximum atomic E-state index is 9.99. The fourth-order valence-corrected chi connectivity index (χ4v) is 1.31. The number of nitrogens with zero attached hydrogens (tertiary/aromatic N) is 4. The highest BCUT2D eigenvalue weighted by atomic mass is 16.5. The first-order valence-corrected chi connectivity index (χ1v) is 4.66. The molecule has 0 unspecified atom stereocenters. The lowest BCUT2D eigenvalue weighted by molar-refractivity contribution is -0.129. The van der Waals surface area contributed by atoms with E-state index in [0.29, 0.717) is 12.2 Å². The summed E-state index contributed by atoms with van der Waals surface area (Å²) < 4.78 is 6.29. The van der Waals surface area contributed by atoms with Crippen molar-refractivity contribution < 1.29 is 9.53 Å². The molecule has 2 aromatic heterocycles. The number of carbonyl (C=O) groups is 1. The third kappa shape index (κ3) is 2.05. The summed E-state index contributed by atoms with van der Waals surface area (Å²) in [7, 11) is 1.83. The zero-order valence-electron chi connectivity index (χ0n) is 8.70. The number of ether oxygens (including phenoxy) is 1. The number of hydrogen-bond acceptors (Lipinski definition) is 5. The van der Waals surface area contributed by atoms with Crippen LogP contribution in [0.3, 0.4) is 0 Å². The Bertz CT molecular complexity index is 478. The van der Waals surface area contributed by atoms with Gasteiger partial charge >= 0.3 is 0 Å². The highest BCUT2D eigenvalue weighted by Crippen LogP contribution is 2.13. The van der Waals surface area contributed by atoms with Gasteiger partial charge in [0, 0.05) is 13.2 Å². The van der Waals surface area contributed by atoms with Gasteiger partial charge in [0.15, 0.2) is 0 Å². The van der Waals surface area contributed by atoms with Crippen LogP contribution in [-0.4, -0.2) is 26.2 Å². The van der Waals surface area contributed by atoms with E-state index in [9.17, 15) is 4.79 Å². The van der Waals surface area contributed by atoms with Crippen molar-refractivity contribution in [1.82, 2.24) is 19.7 Å². The SMILES string of the molecule is Cn1nccc1-c1cnc(COC=O)cn1. The average Bonchev–Trinajstić information content (AvgIpc) is 2.74. The van der Waals surface area contributed by atoms with Crippen molar-refractivity contribution in [3.8, 4) is 11.4 Å². The Morgan fingerprint density at radius 3 is 2.88 bits per heavy atom. The summed E-state index contributed by atoms with van der Waals surface area (Å²) in [5.74, 6) is 0. The average molecular weight is 218 g/mol. The van der Waals surface area contributed by atoms with Crippen LogP contribution in [0, 0.1) is 0 Å². The van der Waals surface area contributed by atoms with Crippen LogP contribution in [0.25, 0.3) is 11.4 Å². The van der Waals surface area contributed by atoms with E-state index in [1.165, 1.54) is 0 Å². The molecule has 0 amide bonds. The van der Waals surface area contributed by atoms with E-state index in [-0.39, 0.29) is 6.61 Å². The summed E-state index contributed by atoms with van der Waals surface area (Å²) in [6.07, 6.45) is 4.90. The van der Waals surface area contributed by atoms with E-state index in [1.807, 2.05) is 13.1 Å². The Balaban J connectivity index is 2.19. The Morgan fingerprint density at radius 1 is 1.44 bits per heavy atom. The van der Waals surface area contributed by atoms with E-state index in [2.05, 4.69) is 19.8 Å². The summed E-state index contributed by atoms with van der Waals surface area (Å²) in [6.45, 7) is 0.527. The molecule has 0 saturated carbocycles. The Labute approximate surface area is 91.9 Å². The topological polar surface area (TPSA) is 69.9 Å². The highest BCUT2D eigenvalue weighted by Gasteiger charge is 2.04. The van der Waals surface area contributed by atoms with E-state index >= 15 is 0 Å². The number of aromatic nitrogens is 4. The minimum Gasteiger partial charge on any atom is -0.461 e. The molecular weight excluding hydrogens is 208 g/mol. The number of aryl methyl sites for hydroxylation is 1. The van der Waals surface area contributed by atoms with Gasteiger partial charge in [0.05, 0.1) is 23.8 Å². The van der Waals surface area contributed by atoms with Crippen molar-refractivity contribution in [3.63, 3.8) is 0 Å². The van der Waals surface area contributed by atoms with Crippen LogP contribution >= 0.6 is 0 Å². The van der Waals surface area contributed by atoms with Crippen molar-refractivity contribution >= 4 is 6.47 Å². The first kappa shape index (κ1) is 10.3. The second kappa shape index (κ2) is 4.52. The number of hydrogen-bond donors (Lipinski definition) is 0. The van der Waals surface area contributed by atoms with Crippen LogP contribution in [0.5, 0.6) is 0 Å². The van der Waals surface area contributed by atoms with Crippen molar-refractivity contribution in [2.24, 2.45) is 7.05 Å². The normalized spacial score (nSPS) is 10.1. The summed E-state index contributed by atoms with van der Waals surface area (Å²) in [5.41, 5.74) is 2.23. The predicted octanol–water partition coefficient (Wildman–Crippen LogP) is 0.550. The zero-order valence-corrected chi connectivity index (χ0v) is 8.70. The largest absolute Gasteiger partial charge is 0.461 e. The standard InChI is InChI=1S/C10H10N4O2/c1-14-10(2-3-13-14)9-5-11-8(4-12-9)6-16-7-15/h2-5,7H,6H2,1H3. The van der Waals surface area contributed by atoms with Gasteiger partial charge < -0.3 is 4.74 Å². The molecule has 82 valence electrons. The van der Waals surface area contributed by atoms with Crippen LogP contribution in [0.15, 0.2) is 24.7 Å². The van der Waals surface area contributed by atoms with Gasteiger partial charge in [-0.3, -0.25) is 19.4 Å². The second-order valence-electron chi connectivity index (χ2n) is 3.14. The molecule has 0 atom stereocenters. The second-order valence-corrected chi connectivity index (χ2v) is 3.14. The molecule has 6 heteroatoms. The van der Waals surface area contributed by atoms with Crippen LogP contribution in [0.1, 0.15) is 5.69 Å². The Kier molecular flexibility index (Phi) is 2.90. The first-order valence-electron chi connectivity index (χ1n) is 4.66. The Hall–Kier alpha value is -2.24. The lowest BCUT2D eigenvalue weighted by atomic mass is 10.3. The molecule has 2 heterocycles. The molecule has 0 bridgehead atoms. The fourth-order valence-electron chi connectivity index (χ4n) is 1.31. The van der Waals surface area contributed by atoms with Crippen LogP contribution in [-0.2, 0) is 23.2 Å². The molecule has 0 aliphatic carbocycles. The van der Waals surface area contributed by atoms with Crippen molar-refractivity contribution in [2.75, 3.05) is 0 Å². The molecule has 0 aromatic carbocycles. The van der Waals surface area contributed by atoms with Crippen LogP contribution in [0.4, 0.5) is 0 Å². The van der Waals surface area contributed by atoms with Gasteiger partial charge in [0.25, 0.3) is 6.47 Å². The van der Waals surface area contributed by atoms with E-state index in [0.717, 1.165) is 11.4 Å². The maximum absolute atomic E-state index is 9.99. The number of rotatable bonds is 4. The van der Waals surface area contributed by atoms with Crippen molar-refractivity contribution in [2.45, 2.75) is 6.61 Å². The van der Waals surface area contributed by atoms with Gasteiger partial charge in [-0.2, -0.15) is 5.10 Å². The lowest BCUT2D eigenvalue weighted by Crippen LogP contribution is -1.99.